The summed E-state index contributed by atoms with van der Waals surface area (Å²) in [6.45, 7) is 5.21. The highest BCUT2D eigenvalue weighted by Gasteiger charge is 2.34. The summed E-state index contributed by atoms with van der Waals surface area (Å²) in [5, 5.41) is 0.452. The van der Waals surface area contributed by atoms with Crippen LogP contribution in [0.3, 0.4) is 0 Å². The van der Waals surface area contributed by atoms with Gasteiger partial charge in [-0.1, -0.05) is 36.5 Å². The number of benzene rings is 1. The maximum atomic E-state index is 12.5. The molecule has 0 aliphatic carbocycles. The molecular formula is C16H19N3O2S. The van der Waals surface area contributed by atoms with E-state index in [1.165, 1.54) is 11.3 Å². The fourth-order valence-electron chi connectivity index (χ4n) is 2.47. The van der Waals surface area contributed by atoms with Crippen LogP contribution in [0.1, 0.15) is 27.9 Å². The van der Waals surface area contributed by atoms with E-state index in [9.17, 15) is 4.79 Å². The molecule has 0 unspecified atom stereocenters. The fraction of sp³-hybridized carbons (Fsp3) is 0.375. The van der Waals surface area contributed by atoms with Crippen LogP contribution in [-0.2, 0) is 6.42 Å². The van der Waals surface area contributed by atoms with Crippen LogP contribution >= 0.6 is 11.3 Å². The molecule has 1 saturated heterocycles. The highest BCUT2D eigenvalue weighted by Crippen LogP contribution is 2.27. The molecule has 2 aromatic rings. The number of nitrogens with two attached hydrogens (primary N) is 1. The number of aryl methyl sites for hydroxylation is 2. The molecule has 0 spiro atoms. The van der Waals surface area contributed by atoms with Crippen molar-refractivity contribution in [1.82, 2.24) is 9.88 Å². The van der Waals surface area contributed by atoms with Gasteiger partial charge in [-0.15, -0.1) is 0 Å². The van der Waals surface area contributed by atoms with E-state index in [2.05, 4.69) is 4.98 Å². The Morgan fingerprint density at radius 3 is 2.86 bits per heavy atom. The Morgan fingerprint density at radius 1 is 1.45 bits per heavy atom. The number of carbonyl (C=O) groups is 1. The van der Waals surface area contributed by atoms with Crippen LogP contribution in [0.2, 0.25) is 0 Å². The monoisotopic (exact) mass is 317 g/mol. The summed E-state index contributed by atoms with van der Waals surface area (Å²) in [5.41, 5.74) is 7.61. The summed E-state index contributed by atoms with van der Waals surface area (Å²) in [6.07, 6.45) is 0.770. The van der Waals surface area contributed by atoms with Crippen molar-refractivity contribution >= 4 is 22.4 Å². The van der Waals surface area contributed by atoms with E-state index < -0.39 is 0 Å². The van der Waals surface area contributed by atoms with Gasteiger partial charge in [0.05, 0.1) is 18.8 Å². The molecule has 22 heavy (non-hydrogen) atoms. The first-order valence-electron chi connectivity index (χ1n) is 7.35. The molecule has 1 amide bonds. The SMILES string of the molecule is CCc1nc(N)sc1C(=O)N1CC(Oc2ccccc2C)C1. The largest absolute Gasteiger partial charge is 0.486 e. The minimum absolute atomic E-state index is 0.00989. The van der Waals surface area contributed by atoms with E-state index in [0.29, 0.717) is 29.5 Å². The van der Waals surface area contributed by atoms with E-state index in [1.54, 1.807) is 4.90 Å². The molecule has 5 nitrogen and oxygen atoms in total. The predicted molar refractivity (Wildman–Crippen MR) is 87.4 cm³/mol. The van der Waals surface area contributed by atoms with Crippen LogP contribution < -0.4 is 10.5 Å². The molecule has 6 heteroatoms. The van der Waals surface area contributed by atoms with Crippen molar-refractivity contribution in [2.24, 2.45) is 0 Å². The maximum Gasteiger partial charge on any atom is 0.266 e. The quantitative estimate of drug-likeness (QED) is 0.941. The van der Waals surface area contributed by atoms with Crippen molar-refractivity contribution in [3.63, 3.8) is 0 Å². The molecule has 2 heterocycles. The predicted octanol–water partition coefficient (Wildman–Crippen LogP) is 2.50. The summed E-state index contributed by atoms with van der Waals surface area (Å²) in [4.78, 5) is 19.1. The smallest absolute Gasteiger partial charge is 0.266 e. The lowest BCUT2D eigenvalue weighted by Gasteiger charge is -2.39. The Bertz CT molecular complexity index is 692. The third-order valence-electron chi connectivity index (χ3n) is 3.77. The zero-order valence-corrected chi connectivity index (χ0v) is 13.5. The molecule has 1 aromatic heterocycles. The molecule has 1 aliphatic rings. The van der Waals surface area contributed by atoms with Gasteiger partial charge in [-0.3, -0.25) is 4.79 Å². The van der Waals surface area contributed by atoms with E-state index in [-0.39, 0.29) is 12.0 Å². The van der Waals surface area contributed by atoms with E-state index in [1.807, 2.05) is 38.1 Å². The van der Waals surface area contributed by atoms with E-state index in [0.717, 1.165) is 17.0 Å². The van der Waals surface area contributed by atoms with Crippen molar-refractivity contribution in [3.8, 4) is 5.75 Å². The van der Waals surface area contributed by atoms with Gasteiger partial charge in [0, 0.05) is 0 Å². The van der Waals surface area contributed by atoms with Gasteiger partial charge in [0.1, 0.15) is 16.7 Å². The van der Waals surface area contributed by atoms with E-state index >= 15 is 0 Å². The van der Waals surface area contributed by atoms with Crippen LogP contribution in [0.25, 0.3) is 0 Å². The minimum atomic E-state index is 0.00989. The first kappa shape index (κ1) is 14.8. The summed E-state index contributed by atoms with van der Waals surface area (Å²) in [7, 11) is 0. The van der Waals surface area contributed by atoms with Crippen molar-refractivity contribution in [2.45, 2.75) is 26.4 Å². The fourth-order valence-corrected chi connectivity index (χ4v) is 3.36. The van der Waals surface area contributed by atoms with Crippen LogP contribution in [0.5, 0.6) is 5.75 Å². The van der Waals surface area contributed by atoms with Crippen LogP contribution in [-0.4, -0.2) is 35.0 Å². The molecule has 0 saturated carbocycles. The molecule has 1 aromatic carbocycles. The van der Waals surface area contributed by atoms with Gasteiger partial charge in [-0.25, -0.2) is 4.98 Å². The van der Waals surface area contributed by atoms with Crippen molar-refractivity contribution < 1.29 is 9.53 Å². The number of rotatable bonds is 4. The van der Waals surface area contributed by atoms with Crippen molar-refractivity contribution in [2.75, 3.05) is 18.8 Å². The average molecular weight is 317 g/mol. The molecule has 0 radical (unpaired) electrons. The second-order valence-electron chi connectivity index (χ2n) is 5.40. The Kier molecular flexibility index (Phi) is 4.02. The zero-order valence-electron chi connectivity index (χ0n) is 12.7. The molecule has 116 valence electrons. The zero-order chi connectivity index (χ0) is 15.7. The maximum absolute atomic E-state index is 12.5. The second-order valence-corrected chi connectivity index (χ2v) is 6.43. The van der Waals surface area contributed by atoms with Gasteiger partial charge >= 0.3 is 0 Å². The van der Waals surface area contributed by atoms with Crippen LogP contribution in [0.15, 0.2) is 24.3 Å². The number of aromatic nitrogens is 1. The first-order chi connectivity index (χ1) is 10.6. The number of ether oxygens (including phenoxy) is 1. The molecule has 2 N–H and O–H groups in total. The third kappa shape index (κ3) is 2.78. The Hall–Kier alpha value is -2.08. The van der Waals surface area contributed by atoms with Crippen LogP contribution in [0.4, 0.5) is 5.13 Å². The average Bonchev–Trinajstić information content (AvgIpc) is 2.84. The number of para-hydroxylation sites is 1. The van der Waals surface area contributed by atoms with Gasteiger partial charge in [0.15, 0.2) is 5.13 Å². The Labute approximate surface area is 133 Å². The standard InChI is InChI=1S/C16H19N3O2S/c1-3-12-14(22-16(17)18-12)15(20)19-8-11(9-19)21-13-7-5-4-6-10(13)2/h4-7,11H,3,8-9H2,1-2H3,(H2,17,18). The van der Waals surface area contributed by atoms with Gasteiger partial charge in [0.25, 0.3) is 5.91 Å². The lowest BCUT2D eigenvalue weighted by atomic mass is 10.1. The van der Waals surface area contributed by atoms with E-state index in [4.69, 9.17) is 10.5 Å². The van der Waals surface area contributed by atoms with Gasteiger partial charge < -0.3 is 15.4 Å². The topological polar surface area (TPSA) is 68.5 Å². The lowest BCUT2D eigenvalue weighted by molar-refractivity contribution is 0.0178. The normalized spacial score (nSPS) is 14.7. The number of amides is 1. The molecule has 1 aliphatic heterocycles. The van der Waals surface area contributed by atoms with Gasteiger partial charge in [0.2, 0.25) is 0 Å². The summed E-state index contributed by atoms with van der Waals surface area (Å²) in [5.74, 6) is 0.895. The second kappa shape index (κ2) is 5.96. The number of thiazole rings is 1. The summed E-state index contributed by atoms with van der Waals surface area (Å²) in [6, 6.07) is 7.92. The third-order valence-corrected chi connectivity index (χ3v) is 4.68. The number of hydrogen-bond donors (Lipinski definition) is 1. The molecule has 0 bridgehead atoms. The number of nitrogens with zero attached hydrogens (tertiary/aromatic N) is 2. The lowest BCUT2D eigenvalue weighted by Crippen LogP contribution is -2.56. The Morgan fingerprint density at radius 2 is 2.18 bits per heavy atom. The molecule has 1 fully saturated rings. The number of hydrogen-bond acceptors (Lipinski definition) is 5. The van der Waals surface area contributed by atoms with Gasteiger partial charge in [-0.05, 0) is 25.0 Å². The number of likely N-dealkylation sites (tertiary alicyclic amines) is 1. The summed E-state index contributed by atoms with van der Waals surface area (Å²) < 4.78 is 5.93. The molecule has 0 atom stereocenters. The first-order valence-corrected chi connectivity index (χ1v) is 8.17. The number of anilines is 1. The Balaban J connectivity index is 1.61. The number of carbonyl (C=O) groups excluding carboxylic acids is 1. The minimum Gasteiger partial charge on any atom is -0.486 e. The highest BCUT2D eigenvalue weighted by molar-refractivity contribution is 7.17. The van der Waals surface area contributed by atoms with Crippen molar-refractivity contribution in [1.29, 1.82) is 0 Å². The highest BCUT2D eigenvalue weighted by atomic mass is 32.1. The van der Waals surface area contributed by atoms with Gasteiger partial charge in [-0.2, -0.15) is 0 Å². The molecule has 3 rings (SSSR count). The summed E-state index contributed by atoms with van der Waals surface area (Å²) >= 11 is 1.27. The van der Waals surface area contributed by atoms with Crippen LogP contribution in [0, 0.1) is 6.92 Å². The number of nitrogen functional groups attached to an aromatic ring is 1. The molecular weight excluding hydrogens is 298 g/mol. The van der Waals surface area contributed by atoms with Crippen molar-refractivity contribution in [3.05, 3.63) is 40.4 Å².